The molecule has 1 amide bonds. The number of nitrogens with zero attached hydrogens (tertiary/aromatic N) is 3. The van der Waals surface area contributed by atoms with Gasteiger partial charge in [0, 0.05) is 0 Å². The molecule has 3 aromatic carbocycles. The molecule has 1 N–H and O–H groups in total. The number of sulfonamides is 1. The second-order valence-electron chi connectivity index (χ2n) is 7.60. The number of carbonyl (C=O) groups excluding carboxylic acids is 1. The number of carbonyl (C=O) groups is 1. The van der Waals surface area contributed by atoms with Crippen LogP contribution in [0.1, 0.15) is 36.5 Å². The number of benzene rings is 3. The zero-order valence-corrected chi connectivity index (χ0v) is 19.2. The minimum Gasteiger partial charge on any atom is -0.271 e. The van der Waals surface area contributed by atoms with E-state index in [9.17, 15) is 13.2 Å². The number of hydrazone groups is 1. The van der Waals surface area contributed by atoms with E-state index in [1.54, 1.807) is 54.6 Å². The molecule has 0 spiro atoms. The topological polar surface area (TPSA) is 103 Å². The maximum atomic E-state index is 13.3. The zero-order chi connectivity index (χ0) is 23.8. The Bertz CT molecular complexity index is 1260. The van der Waals surface area contributed by atoms with Crippen molar-refractivity contribution in [2.75, 3.05) is 10.8 Å². The number of hydrogen-bond acceptors (Lipinski definition) is 5. The van der Waals surface area contributed by atoms with Crippen molar-refractivity contribution in [1.82, 2.24) is 5.43 Å². The maximum Gasteiger partial charge on any atom is 0.264 e. The fraction of sp³-hybridized carbons (Fsp3) is 0.160. The van der Waals surface area contributed by atoms with Gasteiger partial charge in [0.15, 0.2) is 0 Å². The third kappa shape index (κ3) is 6.05. The number of nitriles is 1. The number of anilines is 1. The number of amides is 1. The highest BCUT2D eigenvalue weighted by atomic mass is 32.2. The molecule has 3 aromatic rings. The Morgan fingerprint density at radius 2 is 1.67 bits per heavy atom. The summed E-state index contributed by atoms with van der Waals surface area (Å²) in [6.45, 7) is 3.66. The molecule has 0 fully saturated rings. The van der Waals surface area contributed by atoms with Gasteiger partial charge in [0.2, 0.25) is 0 Å². The Labute approximate surface area is 194 Å². The minimum absolute atomic E-state index is 0.0896. The first-order valence-corrected chi connectivity index (χ1v) is 11.7. The van der Waals surface area contributed by atoms with Gasteiger partial charge < -0.3 is 0 Å². The van der Waals surface area contributed by atoms with Gasteiger partial charge in [-0.3, -0.25) is 9.10 Å². The molecule has 0 atom stereocenters. The van der Waals surface area contributed by atoms with Crippen molar-refractivity contribution < 1.29 is 13.2 Å². The van der Waals surface area contributed by atoms with Crippen molar-refractivity contribution in [1.29, 1.82) is 5.26 Å². The molecule has 7 nitrogen and oxygen atoms in total. The quantitative estimate of drug-likeness (QED) is 0.405. The van der Waals surface area contributed by atoms with Crippen LogP contribution < -0.4 is 9.73 Å². The molecule has 8 heteroatoms. The molecule has 0 heterocycles. The van der Waals surface area contributed by atoms with Crippen molar-refractivity contribution in [3.05, 3.63) is 95.6 Å². The van der Waals surface area contributed by atoms with Crippen molar-refractivity contribution in [3.63, 3.8) is 0 Å². The average molecular weight is 461 g/mol. The summed E-state index contributed by atoms with van der Waals surface area (Å²) in [6.07, 6.45) is 1.42. The van der Waals surface area contributed by atoms with Gasteiger partial charge in [-0.25, -0.2) is 13.8 Å². The summed E-state index contributed by atoms with van der Waals surface area (Å²) in [5.74, 6) is -0.301. The van der Waals surface area contributed by atoms with E-state index in [2.05, 4.69) is 10.5 Å². The van der Waals surface area contributed by atoms with E-state index in [-0.39, 0.29) is 10.8 Å². The van der Waals surface area contributed by atoms with E-state index in [1.165, 1.54) is 18.3 Å². The molecule has 168 valence electrons. The van der Waals surface area contributed by atoms with E-state index in [4.69, 9.17) is 5.26 Å². The highest BCUT2D eigenvalue weighted by Crippen LogP contribution is 2.25. The molecule has 0 radical (unpaired) electrons. The molecular formula is C25H24N4O3S. The van der Waals surface area contributed by atoms with E-state index in [0.29, 0.717) is 16.8 Å². The summed E-state index contributed by atoms with van der Waals surface area (Å²) in [5, 5.41) is 12.8. The summed E-state index contributed by atoms with van der Waals surface area (Å²) in [4.78, 5) is 12.7. The van der Waals surface area contributed by atoms with Gasteiger partial charge in [-0.1, -0.05) is 56.3 Å². The van der Waals surface area contributed by atoms with Gasteiger partial charge in [-0.2, -0.15) is 10.4 Å². The smallest absolute Gasteiger partial charge is 0.264 e. The Balaban J connectivity index is 1.82. The highest BCUT2D eigenvalue weighted by molar-refractivity contribution is 7.92. The Morgan fingerprint density at radius 3 is 2.24 bits per heavy atom. The van der Waals surface area contributed by atoms with E-state index in [1.807, 2.05) is 32.0 Å². The predicted molar refractivity (Wildman–Crippen MR) is 128 cm³/mol. The van der Waals surface area contributed by atoms with Crippen molar-refractivity contribution in [3.8, 4) is 6.07 Å². The summed E-state index contributed by atoms with van der Waals surface area (Å²) < 4.78 is 27.7. The second-order valence-corrected chi connectivity index (χ2v) is 9.46. The molecule has 0 aliphatic heterocycles. The standard InChI is InChI=1S/C25H24N4O3S/c1-19(2)22-12-14-23(15-13-22)29(33(31,32)24-6-4-3-5-7-24)18-25(30)28-27-17-21-10-8-20(16-26)9-11-21/h3-15,17,19H,18H2,1-2H3,(H,28,30)/b27-17+. The largest absolute Gasteiger partial charge is 0.271 e. The first-order valence-electron chi connectivity index (χ1n) is 10.3. The fourth-order valence-electron chi connectivity index (χ4n) is 3.05. The van der Waals surface area contributed by atoms with Crippen LogP contribution in [0.5, 0.6) is 0 Å². The summed E-state index contributed by atoms with van der Waals surface area (Å²) in [6, 6.07) is 23.8. The maximum absolute atomic E-state index is 13.3. The summed E-state index contributed by atoms with van der Waals surface area (Å²) in [7, 11) is -3.98. The third-order valence-corrected chi connectivity index (χ3v) is 6.70. The first-order chi connectivity index (χ1) is 15.8. The fourth-order valence-corrected chi connectivity index (χ4v) is 4.49. The minimum atomic E-state index is -3.98. The lowest BCUT2D eigenvalue weighted by atomic mass is 10.0. The van der Waals surface area contributed by atoms with Gasteiger partial charge >= 0.3 is 0 Å². The molecular weight excluding hydrogens is 436 g/mol. The molecule has 3 rings (SSSR count). The van der Waals surface area contributed by atoms with Gasteiger partial charge in [-0.15, -0.1) is 0 Å². The van der Waals surface area contributed by atoms with Gasteiger partial charge in [-0.05, 0) is 53.4 Å². The van der Waals surface area contributed by atoms with Crippen LogP contribution in [-0.4, -0.2) is 27.1 Å². The van der Waals surface area contributed by atoms with Crippen LogP contribution >= 0.6 is 0 Å². The van der Waals surface area contributed by atoms with Crippen molar-refractivity contribution in [2.45, 2.75) is 24.7 Å². The normalized spacial score (nSPS) is 11.3. The molecule has 33 heavy (non-hydrogen) atoms. The van der Waals surface area contributed by atoms with Crippen molar-refractivity contribution in [2.24, 2.45) is 5.10 Å². The second kappa shape index (κ2) is 10.6. The predicted octanol–water partition coefficient (Wildman–Crippen LogP) is 4.03. The molecule has 0 saturated carbocycles. The number of hydrogen-bond donors (Lipinski definition) is 1. The van der Waals surface area contributed by atoms with Crippen LogP contribution in [-0.2, 0) is 14.8 Å². The Hall–Kier alpha value is -3.96. The lowest BCUT2D eigenvalue weighted by Gasteiger charge is -2.24. The van der Waals surface area contributed by atoms with Crippen LogP contribution in [0, 0.1) is 11.3 Å². The molecule has 0 aliphatic carbocycles. The molecule has 0 unspecified atom stereocenters. The van der Waals surface area contributed by atoms with Crippen LogP contribution in [0.25, 0.3) is 0 Å². The number of nitrogens with one attached hydrogen (secondary N) is 1. The zero-order valence-electron chi connectivity index (χ0n) is 18.3. The van der Waals surface area contributed by atoms with E-state index in [0.717, 1.165) is 9.87 Å². The van der Waals surface area contributed by atoms with Crippen LogP contribution in [0.2, 0.25) is 0 Å². The average Bonchev–Trinajstić information content (AvgIpc) is 2.83. The van der Waals surface area contributed by atoms with Gasteiger partial charge in [0.1, 0.15) is 6.54 Å². The van der Waals surface area contributed by atoms with E-state index >= 15 is 0 Å². The van der Waals surface area contributed by atoms with Crippen molar-refractivity contribution >= 4 is 27.8 Å². The first kappa shape index (κ1) is 23.7. The van der Waals surface area contributed by atoms with Crippen LogP contribution in [0.3, 0.4) is 0 Å². The van der Waals surface area contributed by atoms with Crippen LogP contribution in [0.4, 0.5) is 5.69 Å². The Kier molecular flexibility index (Phi) is 7.59. The molecule has 0 aliphatic rings. The van der Waals surface area contributed by atoms with Gasteiger partial charge in [0.25, 0.3) is 15.9 Å². The lowest BCUT2D eigenvalue weighted by Crippen LogP contribution is -2.39. The van der Waals surface area contributed by atoms with E-state index < -0.39 is 22.5 Å². The van der Waals surface area contributed by atoms with Crippen LogP contribution in [0.15, 0.2) is 88.9 Å². The highest BCUT2D eigenvalue weighted by Gasteiger charge is 2.27. The summed E-state index contributed by atoms with van der Waals surface area (Å²) in [5.41, 5.74) is 5.02. The van der Waals surface area contributed by atoms with Gasteiger partial charge in [0.05, 0.1) is 28.4 Å². The molecule has 0 bridgehead atoms. The molecule has 0 saturated heterocycles. The lowest BCUT2D eigenvalue weighted by molar-refractivity contribution is -0.119. The Morgan fingerprint density at radius 1 is 1.03 bits per heavy atom. The summed E-state index contributed by atoms with van der Waals surface area (Å²) >= 11 is 0. The number of rotatable bonds is 8. The monoisotopic (exact) mass is 460 g/mol. The SMILES string of the molecule is CC(C)c1ccc(N(CC(=O)N/N=C/c2ccc(C#N)cc2)S(=O)(=O)c2ccccc2)cc1. The third-order valence-electron chi connectivity index (χ3n) is 4.91. The molecule has 0 aromatic heterocycles.